The Balaban J connectivity index is 1.36. The predicted molar refractivity (Wildman–Crippen MR) is 89.1 cm³/mol. The van der Waals surface area contributed by atoms with E-state index in [1.807, 2.05) is 23.1 Å². The third kappa shape index (κ3) is 4.79. The quantitative estimate of drug-likeness (QED) is 0.834. The molecular weight excluding hydrogens is 290 g/mol. The Morgan fingerprint density at radius 3 is 2.39 bits per heavy atom. The van der Waals surface area contributed by atoms with Crippen LogP contribution in [0.1, 0.15) is 36.0 Å². The van der Waals surface area contributed by atoms with Crippen molar-refractivity contribution in [2.24, 2.45) is 5.92 Å². The fourth-order valence-corrected chi connectivity index (χ4v) is 2.95. The minimum absolute atomic E-state index is 0.00919. The van der Waals surface area contributed by atoms with Crippen LogP contribution >= 0.6 is 0 Å². The van der Waals surface area contributed by atoms with Gasteiger partial charge in [-0.1, -0.05) is 18.2 Å². The van der Waals surface area contributed by atoms with E-state index in [-0.39, 0.29) is 18.4 Å². The Morgan fingerprint density at radius 1 is 1.04 bits per heavy atom. The van der Waals surface area contributed by atoms with Gasteiger partial charge in [0.2, 0.25) is 5.91 Å². The van der Waals surface area contributed by atoms with Crippen LogP contribution in [-0.2, 0) is 4.79 Å². The molecule has 0 radical (unpaired) electrons. The zero-order chi connectivity index (χ0) is 16.1. The lowest BCUT2D eigenvalue weighted by Crippen LogP contribution is -2.48. The van der Waals surface area contributed by atoms with Gasteiger partial charge in [-0.15, -0.1) is 0 Å². The second kappa shape index (κ2) is 7.59. The fraction of sp³-hybridized carbons (Fsp3) is 0.556. The number of nitrogens with one attached hydrogen (secondary N) is 2. The van der Waals surface area contributed by atoms with Gasteiger partial charge in [-0.25, -0.2) is 0 Å². The highest BCUT2D eigenvalue weighted by molar-refractivity contribution is 5.96. The van der Waals surface area contributed by atoms with Gasteiger partial charge in [0, 0.05) is 24.7 Å². The molecule has 1 aliphatic heterocycles. The normalized spacial score (nSPS) is 18.7. The number of benzene rings is 1. The maximum Gasteiger partial charge on any atom is 0.251 e. The van der Waals surface area contributed by atoms with Gasteiger partial charge in [0.15, 0.2) is 0 Å². The third-order valence-corrected chi connectivity index (χ3v) is 4.68. The van der Waals surface area contributed by atoms with Crippen molar-refractivity contribution in [1.29, 1.82) is 0 Å². The van der Waals surface area contributed by atoms with Crippen molar-refractivity contribution in [3.63, 3.8) is 0 Å². The van der Waals surface area contributed by atoms with Gasteiger partial charge >= 0.3 is 0 Å². The summed E-state index contributed by atoms with van der Waals surface area (Å²) in [4.78, 5) is 26.0. The smallest absolute Gasteiger partial charge is 0.251 e. The topological polar surface area (TPSA) is 61.4 Å². The minimum Gasteiger partial charge on any atom is -0.343 e. The molecule has 1 saturated heterocycles. The number of carbonyl (C=O) groups excluding carboxylic acids is 2. The zero-order valence-corrected chi connectivity index (χ0v) is 13.5. The summed E-state index contributed by atoms with van der Waals surface area (Å²) >= 11 is 0. The van der Waals surface area contributed by atoms with Crippen LogP contribution in [0.15, 0.2) is 30.3 Å². The molecule has 2 amide bonds. The molecule has 0 bridgehead atoms. The summed E-state index contributed by atoms with van der Waals surface area (Å²) in [7, 11) is 0. The van der Waals surface area contributed by atoms with Gasteiger partial charge < -0.3 is 15.5 Å². The molecule has 0 aromatic heterocycles. The van der Waals surface area contributed by atoms with E-state index in [9.17, 15) is 9.59 Å². The molecule has 1 heterocycles. The van der Waals surface area contributed by atoms with Crippen molar-refractivity contribution < 1.29 is 9.59 Å². The van der Waals surface area contributed by atoms with Crippen LogP contribution in [0.4, 0.5) is 0 Å². The largest absolute Gasteiger partial charge is 0.343 e. The molecule has 124 valence electrons. The lowest BCUT2D eigenvalue weighted by atomic mass is 10.0. The zero-order valence-electron chi connectivity index (χ0n) is 13.5. The number of piperidine rings is 1. The first-order chi connectivity index (χ1) is 11.2. The Kier molecular flexibility index (Phi) is 5.28. The van der Waals surface area contributed by atoms with Crippen LogP contribution < -0.4 is 10.6 Å². The van der Waals surface area contributed by atoms with E-state index in [0.29, 0.717) is 11.6 Å². The second-order valence-electron chi connectivity index (χ2n) is 6.56. The molecule has 23 heavy (non-hydrogen) atoms. The van der Waals surface area contributed by atoms with Crippen molar-refractivity contribution in [2.75, 3.05) is 26.2 Å². The molecule has 0 unspecified atom stereocenters. The molecule has 1 aliphatic carbocycles. The minimum atomic E-state index is -0.195. The average molecular weight is 315 g/mol. The van der Waals surface area contributed by atoms with Crippen molar-refractivity contribution in [3.05, 3.63) is 35.9 Å². The molecule has 1 saturated carbocycles. The number of likely N-dealkylation sites (tertiary alicyclic amines) is 1. The SMILES string of the molecule is O=C(NCC(=O)N1CCC(NCC2CC2)CC1)c1ccccc1. The van der Waals surface area contributed by atoms with Gasteiger partial charge in [-0.05, 0) is 50.3 Å². The summed E-state index contributed by atoms with van der Waals surface area (Å²) in [5, 5.41) is 6.32. The van der Waals surface area contributed by atoms with Crippen LogP contribution in [0.25, 0.3) is 0 Å². The second-order valence-corrected chi connectivity index (χ2v) is 6.56. The molecule has 1 aromatic carbocycles. The molecular formula is C18H25N3O2. The predicted octanol–water partition coefficient (Wildman–Crippen LogP) is 1.41. The summed E-state index contributed by atoms with van der Waals surface area (Å²) in [6, 6.07) is 9.53. The van der Waals surface area contributed by atoms with E-state index in [1.165, 1.54) is 12.8 Å². The summed E-state index contributed by atoms with van der Waals surface area (Å²) in [5.41, 5.74) is 0.586. The van der Waals surface area contributed by atoms with Crippen molar-refractivity contribution in [1.82, 2.24) is 15.5 Å². The van der Waals surface area contributed by atoms with Gasteiger partial charge in [0.25, 0.3) is 5.91 Å². The standard InChI is InChI=1S/C18H25N3O2/c22-17(13-20-18(23)15-4-2-1-3-5-15)21-10-8-16(9-11-21)19-12-14-6-7-14/h1-5,14,16,19H,6-13H2,(H,20,23). The monoisotopic (exact) mass is 315 g/mol. The maximum absolute atomic E-state index is 12.2. The summed E-state index contributed by atoms with van der Waals surface area (Å²) in [5.74, 6) is 0.706. The van der Waals surface area contributed by atoms with E-state index in [2.05, 4.69) is 10.6 Å². The van der Waals surface area contributed by atoms with E-state index >= 15 is 0 Å². The van der Waals surface area contributed by atoms with Gasteiger partial charge in [-0.3, -0.25) is 9.59 Å². The number of rotatable bonds is 6. The molecule has 0 atom stereocenters. The van der Waals surface area contributed by atoms with Crippen molar-refractivity contribution in [2.45, 2.75) is 31.7 Å². The first-order valence-corrected chi connectivity index (χ1v) is 8.57. The van der Waals surface area contributed by atoms with E-state index in [0.717, 1.165) is 38.4 Å². The van der Waals surface area contributed by atoms with Crippen LogP contribution in [0.2, 0.25) is 0 Å². The van der Waals surface area contributed by atoms with E-state index < -0.39 is 0 Å². The lowest BCUT2D eigenvalue weighted by molar-refractivity contribution is -0.131. The fourth-order valence-electron chi connectivity index (χ4n) is 2.95. The number of nitrogens with zero attached hydrogens (tertiary/aromatic N) is 1. The van der Waals surface area contributed by atoms with Crippen LogP contribution in [-0.4, -0.2) is 48.9 Å². The highest BCUT2D eigenvalue weighted by Crippen LogP contribution is 2.28. The first kappa shape index (κ1) is 16.0. The highest BCUT2D eigenvalue weighted by Gasteiger charge is 2.26. The van der Waals surface area contributed by atoms with E-state index in [1.54, 1.807) is 12.1 Å². The van der Waals surface area contributed by atoms with Crippen LogP contribution in [0.3, 0.4) is 0 Å². The van der Waals surface area contributed by atoms with Crippen LogP contribution in [0, 0.1) is 5.92 Å². The summed E-state index contributed by atoms with van der Waals surface area (Å²) < 4.78 is 0. The number of hydrogen-bond acceptors (Lipinski definition) is 3. The van der Waals surface area contributed by atoms with Gasteiger partial charge in [-0.2, -0.15) is 0 Å². The Labute approximate surface area is 137 Å². The molecule has 2 N–H and O–H groups in total. The van der Waals surface area contributed by atoms with Crippen LogP contribution in [0.5, 0.6) is 0 Å². The molecule has 5 heteroatoms. The van der Waals surface area contributed by atoms with Crippen molar-refractivity contribution >= 4 is 11.8 Å². The number of carbonyl (C=O) groups is 2. The molecule has 3 rings (SSSR count). The Bertz CT molecular complexity index is 534. The highest BCUT2D eigenvalue weighted by atomic mass is 16.2. The van der Waals surface area contributed by atoms with Gasteiger partial charge in [0.1, 0.15) is 0 Å². The van der Waals surface area contributed by atoms with Gasteiger partial charge in [0.05, 0.1) is 6.54 Å². The molecule has 5 nitrogen and oxygen atoms in total. The van der Waals surface area contributed by atoms with Crippen molar-refractivity contribution in [3.8, 4) is 0 Å². The Hall–Kier alpha value is -1.88. The van der Waals surface area contributed by atoms with E-state index in [4.69, 9.17) is 0 Å². The number of hydrogen-bond donors (Lipinski definition) is 2. The maximum atomic E-state index is 12.2. The molecule has 2 aliphatic rings. The molecule has 1 aromatic rings. The molecule has 2 fully saturated rings. The lowest BCUT2D eigenvalue weighted by Gasteiger charge is -2.32. The summed E-state index contributed by atoms with van der Waals surface area (Å²) in [6.07, 6.45) is 4.74. The molecule has 0 spiro atoms. The third-order valence-electron chi connectivity index (χ3n) is 4.68. The average Bonchev–Trinajstić information content (AvgIpc) is 3.43. The summed E-state index contributed by atoms with van der Waals surface area (Å²) in [6.45, 7) is 2.77. The number of amides is 2. The Morgan fingerprint density at radius 2 is 1.74 bits per heavy atom. The first-order valence-electron chi connectivity index (χ1n) is 8.57.